The summed E-state index contributed by atoms with van der Waals surface area (Å²) in [6.45, 7) is 7.60. The van der Waals surface area contributed by atoms with Crippen LogP contribution in [0.4, 0.5) is 5.13 Å². The Kier molecular flexibility index (Phi) is 9.72. The number of hydrogen-bond acceptors (Lipinski definition) is 9. The van der Waals surface area contributed by atoms with Gasteiger partial charge in [0, 0.05) is 5.38 Å². The number of carbonyl (C=O) groups excluding carboxylic acids is 1. The summed E-state index contributed by atoms with van der Waals surface area (Å²) < 4.78 is 22.1. The molecule has 1 heterocycles. The molecule has 0 unspecified atom stereocenters. The topological polar surface area (TPSA) is 91.3 Å². The van der Waals surface area contributed by atoms with Gasteiger partial charge in [-0.05, 0) is 68.3 Å². The van der Waals surface area contributed by atoms with Crippen LogP contribution >= 0.6 is 11.3 Å². The zero-order valence-corrected chi connectivity index (χ0v) is 20.4. The molecule has 0 fully saturated rings. The van der Waals surface area contributed by atoms with Crippen LogP contribution in [0.5, 0.6) is 17.2 Å². The van der Waals surface area contributed by atoms with Gasteiger partial charge in [-0.3, -0.25) is 10.2 Å². The average molecular weight is 484 g/mol. The fraction of sp³-hybridized carbons (Fsp3) is 0.320. The van der Waals surface area contributed by atoms with Gasteiger partial charge in [-0.25, -0.2) is 4.98 Å². The Labute approximate surface area is 203 Å². The van der Waals surface area contributed by atoms with Crippen molar-refractivity contribution in [1.29, 1.82) is 0 Å². The Morgan fingerprint density at radius 3 is 2.50 bits per heavy atom. The van der Waals surface area contributed by atoms with Crippen LogP contribution in [0.3, 0.4) is 0 Å². The SMILES string of the molecule is CCOC(=O)Cc1csc(NN=Cc2ccc(OCc3ccc(OCC)c(OCC)c3)cc2)n1. The maximum absolute atomic E-state index is 11.5. The molecule has 2 aromatic carbocycles. The molecule has 0 aliphatic rings. The normalized spacial score (nSPS) is 10.8. The lowest BCUT2D eigenvalue weighted by Crippen LogP contribution is -2.07. The van der Waals surface area contributed by atoms with E-state index in [2.05, 4.69) is 15.5 Å². The standard InChI is InChI=1S/C25H29N3O5S/c1-4-30-22-12-9-19(13-23(22)31-5-2)16-33-21-10-7-18(8-11-21)15-26-28-25-27-20(17-34-25)14-24(29)32-6-3/h7-13,15,17H,4-6,14,16H2,1-3H3,(H,27,28). The summed E-state index contributed by atoms with van der Waals surface area (Å²) >= 11 is 1.38. The van der Waals surface area contributed by atoms with Gasteiger partial charge in [-0.1, -0.05) is 6.07 Å². The Balaban J connectivity index is 1.50. The van der Waals surface area contributed by atoms with Crippen LogP contribution in [0.25, 0.3) is 0 Å². The summed E-state index contributed by atoms with van der Waals surface area (Å²) in [5.74, 6) is 1.92. The zero-order chi connectivity index (χ0) is 24.2. The minimum atomic E-state index is -0.289. The van der Waals surface area contributed by atoms with Crippen LogP contribution in [-0.2, 0) is 22.6 Å². The molecule has 0 amide bonds. The summed E-state index contributed by atoms with van der Waals surface area (Å²) in [4.78, 5) is 15.8. The molecule has 0 bridgehead atoms. The largest absolute Gasteiger partial charge is 0.490 e. The summed E-state index contributed by atoms with van der Waals surface area (Å²) in [5, 5.41) is 6.62. The fourth-order valence-electron chi connectivity index (χ4n) is 2.96. The number of nitrogens with zero attached hydrogens (tertiary/aromatic N) is 2. The van der Waals surface area contributed by atoms with Crippen LogP contribution in [0, 0.1) is 0 Å². The van der Waals surface area contributed by atoms with Crippen molar-refractivity contribution in [2.75, 3.05) is 25.2 Å². The Bertz CT molecular complexity index is 1080. The first-order chi connectivity index (χ1) is 16.6. The van der Waals surface area contributed by atoms with Crippen molar-refractivity contribution in [3.8, 4) is 17.2 Å². The maximum Gasteiger partial charge on any atom is 0.311 e. The van der Waals surface area contributed by atoms with Gasteiger partial charge in [0.1, 0.15) is 12.4 Å². The van der Waals surface area contributed by atoms with Crippen molar-refractivity contribution < 1.29 is 23.7 Å². The van der Waals surface area contributed by atoms with Crippen molar-refractivity contribution in [3.63, 3.8) is 0 Å². The molecule has 180 valence electrons. The van der Waals surface area contributed by atoms with Crippen molar-refractivity contribution in [3.05, 3.63) is 64.7 Å². The van der Waals surface area contributed by atoms with Crippen LogP contribution in [0.15, 0.2) is 52.9 Å². The Morgan fingerprint density at radius 1 is 1.00 bits per heavy atom. The first kappa shape index (κ1) is 25.0. The number of anilines is 1. The molecule has 0 atom stereocenters. The smallest absolute Gasteiger partial charge is 0.311 e. The average Bonchev–Trinajstić information content (AvgIpc) is 3.27. The molecular formula is C25H29N3O5S. The van der Waals surface area contributed by atoms with E-state index in [1.54, 1.807) is 13.1 Å². The second kappa shape index (κ2) is 13.2. The molecule has 0 aliphatic heterocycles. The molecule has 0 saturated carbocycles. The number of rotatable bonds is 13. The second-order valence-electron chi connectivity index (χ2n) is 7.00. The summed E-state index contributed by atoms with van der Waals surface area (Å²) in [7, 11) is 0. The maximum atomic E-state index is 11.5. The van der Waals surface area contributed by atoms with Crippen LogP contribution in [0.2, 0.25) is 0 Å². The molecule has 9 heteroatoms. The molecule has 0 radical (unpaired) electrons. The van der Waals surface area contributed by atoms with E-state index >= 15 is 0 Å². The van der Waals surface area contributed by atoms with Gasteiger partial charge in [0.25, 0.3) is 0 Å². The van der Waals surface area contributed by atoms with Gasteiger partial charge in [-0.2, -0.15) is 5.10 Å². The number of hydrazone groups is 1. The van der Waals surface area contributed by atoms with Crippen molar-refractivity contribution in [1.82, 2.24) is 4.98 Å². The molecule has 3 rings (SSSR count). The number of esters is 1. The first-order valence-electron chi connectivity index (χ1n) is 11.1. The third-order valence-electron chi connectivity index (χ3n) is 4.45. The molecule has 8 nitrogen and oxygen atoms in total. The zero-order valence-electron chi connectivity index (χ0n) is 19.6. The molecule has 34 heavy (non-hydrogen) atoms. The third-order valence-corrected chi connectivity index (χ3v) is 5.25. The number of hydrogen-bond donors (Lipinski definition) is 1. The van der Waals surface area contributed by atoms with E-state index in [0.29, 0.717) is 37.3 Å². The molecule has 0 spiro atoms. The van der Waals surface area contributed by atoms with Gasteiger partial charge in [0.05, 0.1) is 38.1 Å². The lowest BCUT2D eigenvalue weighted by molar-refractivity contribution is -0.142. The molecule has 0 aliphatic carbocycles. The highest BCUT2D eigenvalue weighted by atomic mass is 32.1. The van der Waals surface area contributed by atoms with E-state index in [4.69, 9.17) is 18.9 Å². The third kappa shape index (κ3) is 7.77. The second-order valence-corrected chi connectivity index (χ2v) is 7.86. The quantitative estimate of drug-likeness (QED) is 0.206. The van der Waals surface area contributed by atoms with E-state index in [-0.39, 0.29) is 12.4 Å². The highest BCUT2D eigenvalue weighted by molar-refractivity contribution is 7.13. The van der Waals surface area contributed by atoms with Crippen molar-refractivity contribution >= 4 is 28.7 Å². The molecule has 1 N–H and O–H groups in total. The van der Waals surface area contributed by atoms with Gasteiger partial charge in [-0.15, -0.1) is 11.3 Å². The predicted octanol–water partition coefficient (Wildman–Crippen LogP) is 5.07. The Morgan fingerprint density at radius 2 is 1.76 bits per heavy atom. The number of thiazole rings is 1. The van der Waals surface area contributed by atoms with E-state index < -0.39 is 0 Å². The number of aromatic nitrogens is 1. The van der Waals surface area contributed by atoms with Crippen molar-refractivity contribution in [2.24, 2.45) is 5.10 Å². The molecule has 3 aromatic rings. The summed E-state index contributed by atoms with van der Waals surface area (Å²) in [5.41, 5.74) is 5.44. The lowest BCUT2D eigenvalue weighted by atomic mass is 10.2. The van der Waals surface area contributed by atoms with Crippen LogP contribution in [0.1, 0.15) is 37.6 Å². The molecular weight excluding hydrogens is 454 g/mol. The number of benzene rings is 2. The van der Waals surface area contributed by atoms with Crippen LogP contribution < -0.4 is 19.6 Å². The fourth-order valence-corrected chi connectivity index (χ4v) is 3.62. The van der Waals surface area contributed by atoms with E-state index in [9.17, 15) is 4.79 Å². The summed E-state index contributed by atoms with van der Waals surface area (Å²) in [6, 6.07) is 13.4. The first-order valence-corrected chi connectivity index (χ1v) is 12.0. The van der Waals surface area contributed by atoms with Gasteiger partial charge < -0.3 is 18.9 Å². The minimum absolute atomic E-state index is 0.154. The summed E-state index contributed by atoms with van der Waals surface area (Å²) in [6.07, 6.45) is 1.85. The van der Waals surface area contributed by atoms with Crippen molar-refractivity contribution in [2.45, 2.75) is 33.8 Å². The van der Waals surface area contributed by atoms with Crippen LogP contribution in [-0.4, -0.2) is 37.0 Å². The number of ether oxygens (including phenoxy) is 4. The highest BCUT2D eigenvalue weighted by Crippen LogP contribution is 2.29. The van der Waals surface area contributed by atoms with E-state index in [1.165, 1.54) is 11.3 Å². The molecule has 0 saturated heterocycles. The highest BCUT2D eigenvalue weighted by Gasteiger charge is 2.08. The number of carbonyl (C=O) groups is 1. The Hall–Kier alpha value is -3.59. The van der Waals surface area contributed by atoms with Gasteiger partial charge >= 0.3 is 5.97 Å². The lowest BCUT2D eigenvalue weighted by Gasteiger charge is -2.13. The predicted molar refractivity (Wildman–Crippen MR) is 133 cm³/mol. The van der Waals surface area contributed by atoms with Gasteiger partial charge in [0.15, 0.2) is 11.5 Å². The minimum Gasteiger partial charge on any atom is -0.490 e. The van der Waals surface area contributed by atoms with E-state index in [0.717, 1.165) is 28.4 Å². The monoisotopic (exact) mass is 483 g/mol. The van der Waals surface area contributed by atoms with Gasteiger partial charge in [0.2, 0.25) is 5.13 Å². The van der Waals surface area contributed by atoms with E-state index in [1.807, 2.05) is 61.7 Å². The molecule has 1 aromatic heterocycles. The number of nitrogens with one attached hydrogen (secondary N) is 1.